The largest absolute Gasteiger partial charge is 0.573 e. The second-order valence-electron chi connectivity index (χ2n) is 11.1. The van der Waals surface area contributed by atoms with Gasteiger partial charge in [0, 0.05) is 23.9 Å². The van der Waals surface area contributed by atoms with Crippen molar-refractivity contribution in [1.29, 1.82) is 0 Å². The molecule has 1 amide bonds. The van der Waals surface area contributed by atoms with Crippen LogP contribution in [0, 0.1) is 23.4 Å². The Morgan fingerprint density at radius 1 is 0.851 bits per heavy atom. The zero-order chi connectivity index (χ0) is 33.9. The summed E-state index contributed by atoms with van der Waals surface area (Å²) in [6, 6.07) is 19.2. The number of alkyl halides is 3. The maximum atomic E-state index is 14.7. The summed E-state index contributed by atoms with van der Waals surface area (Å²) in [7, 11) is 0. The molecule has 0 bridgehead atoms. The highest BCUT2D eigenvalue weighted by molar-refractivity contribution is 6.05. The molecule has 6 nitrogen and oxygen atoms in total. The summed E-state index contributed by atoms with van der Waals surface area (Å²) >= 11 is 0. The molecule has 1 unspecified atom stereocenters. The number of esters is 1. The van der Waals surface area contributed by atoms with Gasteiger partial charge in [-0.2, -0.15) is 0 Å². The van der Waals surface area contributed by atoms with E-state index in [-0.39, 0.29) is 29.5 Å². The van der Waals surface area contributed by atoms with Crippen molar-refractivity contribution in [2.75, 3.05) is 11.5 Å². The van der Waals surface area contributed by atoms with Gasteiger partial charge in [0.15, 0.2) is 6.61 Å². The average Bonchev–Trinajstić information content (AvgIpc) is 3.45. The van der Waals surface area contributed by atoms with E-state index in [2.05, 4.69) is 9.73 Å². The summed E-state index contributed by atoms with van der Waals surface area (Å²) in [5, 5.41) is 0. The normalized spacial score (nSPS) is 16.1. The number of nitrogens with zero attached hydrogens (tertiary/aromatic N) is 2. The first-order valence-electron chi connectivity index (χ1n) is 14.5. The predicted molar refractivity (Wildman–Crippen MR) is 162 cm³/mol. The third-order valence-electron chi connectivity index (χ3n) is 7.54. The van der Waals surface area contributed by atoms with E-state index in [0.29, 0.717) is 22.4 Å². The second kappa shape index (κ2) is 13.7. The number of rotatable bonds is 9. The molecule has 4 aromatic carbocycles. The molecule has 0 radical (unpaired) electrons. The molecule has 0 aromatic heterocycles. The summed E-state index contributed by atoms with van der Waals surface area (Å²) in [5.41, 5.74) is 1.77. The number of aliphatic imine (C=N–C) groups is 1. The van der Waals surface area contributed by atoms with E-state index in [9.17, 15) is 35.9 Å². The summed E-state index contributed by atoms with van der Waals surface area (Å²) in [4.78, 5) is 32.5. The smallest absolute Gasteiger partial charge is 0.455 e. The third-order valence-corrected chi connectivity index (χ3v) is 7.54. The third kappa shape index (κ3) is 7.82. The van der Waals surface area contributed by atoms with Crippen molar-refractivity contribution in [3.8, 4) is 16.9 Å². The molecule has 5 rings (SSSR count). The minimum Gasteiger partial charge on any atom is -0.455 e. The highest BCUT2D eigenvalue weighted by Gasteiger charge is 2.39. The fourth-order valence-corrected chi connectivity index (χ4v) is 5.45. The molecule has 0 N–H and O–H groups in total. The lowest BCUT2D eigenvalue weighted by molar-refractivity contribution is -0.274. The molecule has 12 heteroatoms. The lowest BCUT2D eigenvalue weighted by atomic mass is 9.90. The van der Waals surface area contributed by atoms with Gasteiger partial charge in [-0.05, 0) is 79.1 Å². The Morgan fingerprint density at radius 2 is 1.43 bits per heavy atom. The van der Waals surface area contributed by atoms with Crippen LogP contribution in [-0.2, 0) is 14.3 Å². The lowest BCUT2D eigenvalue weighted by Crippen LogP contribution is -2.40. The number of hydrogen-bond donors (Lipinski definition) is 0. The van der Waals surface area contributed by atoms with Crippen molar-refractivity contribution < 1.29 is 45.4 Å². The number of carbonyl (C=O) groups is 2. The molecule has 1 heterocycles. The standard InChI is InChI=1S/C35H28F6N2O4/c1-20(2)43(25-14-12-24(36)13-15-25)31(44)19-46-34(45)27-18-30(32-28(37)4-3-5-29(32)38)42-33(27)23-8-6-21(7-9-23)22-10-16-26(17-11-22)47-35(39,40)41/h3-17,20,27,33H,18-19H2,1-2H3/t27-,33?/m0/s1. The molecule has 2 atom stereocenters. The fraction of sp³-hybridized carbons (Fsp3) is 0.229. The van der Waals surface area contributed by atoms with Crippen molar-refractivity contribution >= 4 is 23.3 Å². The van der Waals surface area contributed by atoms with Crippen LogP contribution in [0.5, 0.6) is 5.75 Å². The number of halogens is 6. The Labute approximate surface area is 266 Å². The Kier molecular flexibility index (Phi) is 9.69. The zero-order valence-electron chi connectivity index (χ0n) is 25.1. The average molecular weight is 655 g/mol. The number of benzene rings is 4. The second-order valence-corrected chi connectivity index (χ2v) is 11.1. The Morgan fingerprint density at radius 3 is 1.98 bits per heavy atom. The molecule has 4 aromatic rings. The van der Waals surface area contributed by atoms with E-state index in [0.717, 1.165) is 12.1 Å². The molecule has 0 aliphatic carbocycles. The summed E-state index contributed by atoms with van der Waals surface area (Å²) in [6.07, 6.45) is -5.00. The van der Waals surface area contributed by atoms with Crippen LogP contribution < -0.4 is 9.64 Å². The summed E-state index contributed by atoms with van der Waals surface area (Å²) < 4.78 is 89.9. The van der Waals surface area contributed by atoms with Crippen molar-refractivity contribution in [3.05, 3.63) is 120 Å². The first-order valence-corrected chi connectivity index (χ1v) is 14.5. The van der Waals surface area contributed by atoms with Gasteiger partial charge in [0.2, 0.25) is 0 Å². The maximum absolute atomic E-state index is 14.7. The van der Waals surface area contributed by atoms with Gasteiger partial charge in [0.1, 0.15) is 23.2 Å². The summed E-state index contributed by atoms with van der Waals surface area (Å²) in [6.45, 7) is 2.84. The van der Waals surface area contributed by atoms with Gasteiger partial charge in [-0.15, -0.1) is 13.2 Å². The van der Waals surface area contributed by atoms with Gasteiger partial charge in [-0.1, -0.05) is 42.5 Å². The van der Waals surface area contributed by atoms with Gasteiger partial charge >= 0.3 is 12.3 Å². The molecule has 0 fully saturated rings. The van der Waals surface area contributed by atoms with Crippen LogP contribution in [0.1, 0.15) is 37.4 Å². The molecule has 0 saturated heterocycles. The lowest BCUT2D eigenvalue weighted by Gasteiger charge is -2.27. The highest BCUT2D eigenvalue weighted by Crippen LogP contribution is 2.39. The van der Waals surface area contributed by atoms with E-state index in [1.165, 1.54) is 59.5 Å². The number of ether oxygens (including phenoxy) is 2. The maximum Gasteiger partial charge on any atom is 0.573 e. The Hall–Kier alpha value is -5.13. The fourth-order valence-electron chi connectivity index (χ4n) is 5.45. The van der Waals surface area contributed by atoms with E-state index >= 15 is 0 Å². The number of hydrogen-bond acceptors (Lipinski definition) is 5. The first-order chi connectivity index (χ1) is 22.3. The SMILES string of the molecule is CC(C)N(C(=O)COC(=O)[C@H]1CC(c2c(F)cccc2F)=NC1c1ccc(-c2ccc(OC(F)(F)F)cc2)cc1)c1ccc(F)cc1. The zero-order valence-corrected chi connectivity index (χ0v) is 25.1. The minimum atomic E-state index is -4.82. The van der Waals surface area contributed by atoms with Crippen LogP contribution in [0.25, 0.3) is 11.1 Å². The van der Waals surface area contributed by atoms with Crippen molar-refractivity contribution in [2.24, 2.45) is 10.9 Å². The Balaban J connectivity index is 1.38. The number of carbonyl (C=O) groups excluding carboxylic acids is 2. The van der Waals surface area contributed by atoms with Crippen LogP contribution in [0.3, 0.4) is 0 Å². The predicted octanol–water partition coefficient (Wildman–Crippen LogP) is 8.20. The molecule has 244 valence electrons. The molecular formula is C35H28F6N2O4. The van der Waals surface area contributed by atoms with E-state index in [4.69, 9.17) is 4.74 Å². The molecule has 0 saturated carbocycles. The molecule has 1 aliphatic rings. The van der Waals surface area contributed by atoms with Crippen LogP contribution in [-0.4, -0.2) is 36.6 Å². The number of amides is 1. The van der Waals surface area contributed by atoms with Gasteiger partial charge in [-0.3, -0.25) is 14.6 Å². The quantitative estimate of drug-likeness (QED) is 0.135. The van der Waals surface area contributed by atoms with Gasteiger partial charge < -0.3 is 14.4 Å². The molecular weight excluding hydrogens is 626 g/mol. The van der Waals surface area contributed by atoms with Crippen LogP contribution in [0.2, 0.25) is 0 Å². The highest BCUT2D eigenvalue weighted by atomic mass is 19.4. The van der Waals surface area contributed by atoms with E-state index in [1.807, 2.05) is 0 Å². The Bertz CT molecular complexity index is 1750. The van der Waals surface area contributed by atoms with Gasteiger partial charge in [-0.25, -0.2) is 13.2 Å². The topological polar surface area (TPSA) is 68.2 Å². The van der Waals surface area contributed by atoms with Crippen LogP contribution >= 0.6 is 0 Å². The van der Waals surface area contributed by atoms with Crippen LogP contribution in [0.4, 0.5) is 32.0 Å². The number of anilines is 1. The van der Waals surface area contributed by atoms with Gasteiger partial charge in [0.25, 0.3) is 5.91 Å². The first kappa shape index (κ1) is 33.2. The monoisotopic (exact) mass is 654 g/mol. The molecule has 47 heavy (non-hydrogen) atoms. The van der Waals surface area contributed by atoms with Crippen molar-refractivity contribution in [3.63, 3.8) is 0 Å². The summed E-state index contributed by atoms with van der Waals surface area (Å²) in [5.74, 6) is -4.98. The van der Waals surface area contributed by atoms with Crippen molar-refractivity contribution in [1.82, 2.24) is 0 Å². The minimum absolute atomic E-state index is 0.0123. The van der Waals surface area contributed by atoms with Crippen molar-refractivity contribution in [2.45, 2.75) is 38.7 Å². The molecule has 0 spiro atoms. The molecule has 1 aliphatic heterocycles. The van der Waals surface area contributed by atoms with Gasteiger partial charge in [0.05, 0.1) is 17.5 Å². The van der Waals surface area contributed by atoms with E-state index in [1.54, 1.807) is 38.1 Å². The van der Waals surface area contributed by atoms with E-state index < -0.39 is 54.3 Å². The van der Waals surface area contributed by atoms with Crippen LogP contribution in [0.15, 0.2) is 96.0 Å².